The summed E-state index contributed by atoms with van der Waals surface area (Å²) in [6.45, 7) is 0.647. The van der Waals surface area contributed by atoms with E-state index in [1.54, 1.807) is 19.1 Å². The van der Waals surface area contributed by atoms with Crippen molar-refractivity contribution in [2.45, 2.75) is 19.3 Å². The molecule has 1 aliphatic rings. The topological polar surface area (TPSA) is 66.8 Å². The summed E-state index contributed by atoms with van der Waals surface area (Å²) in [5.74, 6) is -0.855. The Labute approximate surface area is 124 Å². The summed E-state index contributed by atoms with van der Waals surface area (Å²) in [7, 11) is 3.38. The van der Waals surface area contributed by atoms with Gasteiger partial charge >= 0.3 is 5.97 Å². The maximum Gasteiger partial charge on any atom is 0.307 e. The number of carboxylic acid groups (broad SMARTS) is 1. The van der Waals surface area contributed by atoms with Crippen LogP contribution in [0.1, 0.15) is 18.4 Å². The molecule has 0 aromatic heterocycles. The number of hydrogen-bond donors (Lipinski definition) is 1. The maximum atomic E-state index is 12.0. The van der Waals surface area contributed by atoms with Crippen LogP contribution in [0, 0.1) is 11.8 Å². The third-order valence-electron chi connectivity index (χ3n) is 3.92. The van der Waals surface area contributed by atoms with Gasteiger partial charge in [-0.25, -0.2) is 0 Å². The second-order valence-corrected chi connectivity index (χ2v) is 5.50. The molecule has 0 radical (unpaired) electrons. The Kier molecular flexibility index (Phi) is 4.83. The minimum Gasteiger partial charge on any atom is -0.497 e. The molecule has 0 unspecified atom stereocenters. The summed E-state index contributed by atoms with van der Waals surface area (Å²) in [6, 6.07) is 7.88. The van der Waals surface area contributed by atoms with Crippen LogP contribution in [-0.2, 0) is 16.0 Å². The number of aliphatic carboxylic acids is 1. The molecule has 21 heavy (non-hydrogen) atoms. The van der Waals surface area contributed by atoms with Crippen LogP contribution in [0.5, 0.6) is 5.75 Å². The normalized spacial score (nSPS) is 19.9. The van der Waals surface area contributed by atoms with Crippen molar-refractivity contribution in [1.82, 2.24) is 4.90 Å². The zero-order valence-electron chi connectivity index (χ0n) is 12.4. The van der Waals surface area contributed by atoms with E-state index in [9.17, 15) is 9.59 Å². The number of amides is 1. The van der Waals surface area contributed by atoms with Crippen LogP contribution in [0.4, 0.5) is 0 Å². The Morgan fingerprint density at radius 1 is 1.29 bits per heavy atom. The molecule has 1 N–H and O–H groups in total. The number of nitrogens with zero attached hydrogens (tertiary/aromatic N) is 1. The van der Waals surface area contributed by atoms with Gasteiger partial charge in [0, 0.05) is 13.6 Å². The van der Waals surface area contributed by atoms with Gasteiger partial charge in [-0.3, -0.25) is 9.59 Å². The molecule has 1 saturated carbocycles. The lowest BCUT2D eigenvalue weighted by Gasteiger charge is -2.17. The monoisotopic (exact) mass is 291 g/mol. The average molecular weight is 291 g/mol. The Morgan fingerprint density at radius 3 is 2.48 bits per heavy atom. The third kappa shape index (κ3) is 3.97. The highest BCUT2D eigenvalue weighted by Gasteiger charge is 2.49. The van der Waals surface area contributed by atoms with E-state index in [1.807, 2.05) is 24.3 Å². The number of carbonyl (C=O) groups is 2. The first-order chi connectivity index (χ1) is 10.0. The molecule has 0 bridgehead atoms. The number of methoxy groups -OCH3 is 1. The van der Waals surface area contributed by atoms with Crippen molar-refractivity contribution in [1.29, 1.82) is 0 Å². The van der Waals surface area contributed by atoms with E-state index >= 15 is 0 Å². The highest BCUT2D eigenvalue weighted by molar-refractivity contribution is 5.89. The van der Waals surface area contributed by atoms with Crippen molar-refractivity contribution in [2.75, 3.05) is 20.7 Å². The van der Waals surface area contributed by atoms with E-state index in [1.165, 1.54) is 5.56 Å². The van der Waals surface area contributed by atoms with Gasteiger partial charge in [-0.2, -0.15) is 0 Å². The number of rotatable bonds is 7. The molecular formula is C16H21NO4. The van der Waals surface area contributed by atoms with Gasteiger partial charge in [0.05, 0.1) is 18.9 Å². The van der Waals surface area contributed by atoms with Crippen molar-refractivity contribution in [3.63, 3.8) is 0 Å². The van der Waals surface area contributed by atoms with E-state index in [2.05, 4.69) is 0 Å². The predicted molar refractivity (Wildman–Crippen MR) is 78.2 cm³/mol. The lowest BCUT2D eigenvalue weighted by atomic mass is 10.1. The Bertz CT molecular complexity index is 512. The minimum absolute atomic E-state index is 0.0443. The molecule has 0 aliphatic heterocycles. The highest BCUT2D eigenvalue weighted by Crippen LogP contribution is 2.39. The third-order valence-corrected chi connectivity index (χ3v) is 3.92. The average Bonchev–Trinajstić information content (AvgIpc) is 3.27. The van der Waals surface area contributed by atoms with Gasteiger partial charge in [0.25, 0.3) is 0 Å². The van der Waals surface area contributed by atoms with E-state index in [4.69, 9.17) is 9.84 Å². The number of aryl methyl sites for hydroxylation is 1. The molecule has 1 aromatic rings. The summed E-state index contributed by atoms with van der Waals surface area (Å²) in [5, 5.41) is 8.84. The van der Waals surface area contributed by atoms with Crippen molar-refractivity contribution in [3.8, 4) is 5.75 Å². The largest absolute Gasteiger partial charge is 0.497 e. The summed E-state index contributed by atoms with van der Waals surface area (Å²) < 4.78 is 5.11. The molecule has 1 aliphatic carbocycles. The SMILES string of the molecule is COc1ccc(CCCN(C)C(=O)[C@@H]2C[C@@H]2C(=O)O)cc1. The summed E-state index contributed by atoms with van der Waals surface area (Å²) in [6.07, 6.45) is 2.23. The molecule has 0 saturated heterocycles. The van der Waals surface area contributed by atoms with Crippen LogP contribution in [0.2, 0.25) is 0 Å². The van der Waals surface area contributed by atoms with Crippen molar-refractivity contribution in [2.24, 2.45) is 11.8 Å². The number of carbonyl (C=O) groups excluding carboxylic acids is 1. The summed E-state index contributed by atoms with van der Waals surface area (Å²) in [4.78, 5) is 24.4. The van der Waals surface area contributed by atoms with Gasteiger partial charge < -0.3 is 14.7 Å². The second kappa shape index (κ2) is 6.61. The Morgan fingerprint density at radius 2 is 1.95 bits per heavy atom. The van der Waals surface area contributed by atoms with E-state index in [-0.39, 0.29) is 11.8 Å². The van der Waals surface area contributed by atoms with Gasteiger partial charge in [-0.15, -0.1) is 0 Å². The molecule has 1 amide bonds. The Hall–Kier alpha value is -2.04. The molecule has 1 aromatic carbocycles. The van der Waals surface area contributed by atoms with E-state index in [0.29, 0.717) is 13.0 Å². The molecule has 0 spiro atoms. The van der Waals surface area contributed by atoms with Crippen LogP contribution in [0.15, 0.2) is 24.3 Å². The first kappa shape index (κ1) is 15.4. The van der Waals surface area contributed by atoms with Crippen LogP contribution in [-0.4, -0.2) is 42.6 Å². The van der Waals surface area contributed by atoms with Crippen molar-refractivity contribution >= 4 is 11.9 Å². The van der Waals surface area contributed by atoms with Gasteiger partial charge in [0.1, 0.15) is 5.75 Å². The number of hydrogen-bond acceptors (Lipinski definition) is 3. The zero-order chi connectivity index (χ0) is 15.4. The standard InChI is InChI=1S/C16H21NO4/c1-17(15(18)13-10-14(13)16(19)20)9-3-4-11-5-7-12(21-2)8-6-11/h5-8,13-14H,3-4,9-10H2,1-2H3,(H,19,20)/t13-,14+/m1/s1. The van der Waals surface area contributed by atoms with Gasteiger partial charge in [-0.05, 0) is 37.0 Å². The van der Waals surface area contributed by atoms with Crippen LogP contribution >= 0.6 is 0 Å². The molecule has 5 nitrogen and oxygen atoms in total. The molecule has 0 heterocycles. The van der Waals surface area contributed by atoms with Gasteiger partial charge in [-0.1, -0.05) is 12.1 Å². The summed E-state index contributed by atoms with van der Waals surface area (Å²) in [5.41, 5.74) is 1.20. The summed E-state index contributed by atoms with van der Waals surface area (Å²) >= 11 is 0. The lowest BCUT2D eigenvalue weighted by molar-refractivity contribution is -0.141. The van der Waals surface area contributed by atoms with Crippen molar-refractivity contribution in [3.05, 3.63) is 29.8 Å². The van der Waals surface area contributed by atoms with E-state index < -0.39 is 11.9 Å². The van der Waals surface area contributed by atoms with Crippen molar-refractivity contribution < 1.29 is 19.4 Å². The fourth-order valence-corrected chi connectivity index (χ4v) is 2.45. The first-order valence-electron chi connectivity index (χ1n) is 7.13. The predicted octanol–water partition coefficient (Wildman–Crippen LogP) is 1.81. The molecule has 1 fully saturated rings. The van der Waals surface area contributed by atoms with Crippen LogP contribution < -0.4 is 4.74 Å². The molecule has 114 valence electrons. The first-order valence-corrected chi connectivity index (χ1v) is 7.13. The molecular weight excluding hydrogens is 270 g/mol. The zero-order valence-corrected chi connectivity index (χ0v) is 12.4. The van der Waals surface area contributed by atoms with E-state index in [0.717, 1.165) is 18.6 Å². The van der Waals surface area contributed by atoms with Crippen LogP contribution in [0.3, 0.4) is 0 Å². The van der Waals surface area contributed by atoms with Gasteiger partial charge in [0.15, 0.2) is 0 Å². The fraction of sp³-hybridized carbons (Fsp3) is 0.500. The highest BCUT2D eigenvalue weighted by atomic mass is 16.5. The maximum absolute atomic E-state index is 12.0. The molecule has 5 heteroatoms. The quantitative estimate of drug-likeness (QED) is 0.832. The number of ether oxygens (including phenoxy) is 1. The number of carboxylic acids is 1. The smallest absolute Gasteiger partial charge is 0.307 e. The van der Waals surface area contributed by atoms with Crippen LogP contribution in [0.25, 0.3) is 0 Å². The minimum atomic E-state index is -0.861. The second-order valence-electron chi connectivity index (χ2n) is 5.50. The fourth-order valence-electron chi connectivity index (χ4n) is 2.45. The Balaban J connectivity index is 1.72. The number of benzene rings is 1. The van der Waals surface area contributed by atoms with Gasteiger partial charge in [0.2, 0.25) is 5.91 Å². The lowest BCUT2D eigenvalue weighted by Crippen LogP contribution is -2.30. The molecule has 2 atom stereocenters. The molecule has 2 rings (SSSR count).